The molecule has 5 heavy (non-hydrogen) atoms. The molecule has 0 aliphatic heterocycles. The van der Waals surface area contributed by atoms with Crippen molar-refractivity contribution in [2.45, 2.75) is 0 Å². The molecule has 0 bridgehead atoms. The summed E-state index contributed by atoms with van der Waals surface area (Å²) in [5.74, 6) is 0. The van der Waals surface area contributed by atoms with E-state index in [9.17, 15) is 0 Å². The van der Waals surface area contributed by atoms with E-state index in [0.29, 0.717) is 0 Å². The van der Waals surface area contributed by atoms with Gasteiger partial charge in [0.25, 0.3) is 0 Å². The van der Waals surface area contributed by atoms with Gasteiger partial charge in [0.15, 0.2) is 0 Å². The first kappa shape index (κ1) is 15.9. The molecule has 0 saturated carbocycles. The van der Waals surface area contributed by atoms with Crippen LogP contribution in [-0.2, 0) is 17.1 Å². The zero-order chi connectivity index (χ0) is 2.71. The molecule has 0 aliphatic carbocycles. The van der Waals surface area contributed by atoms with Crippen molar-refractivity contribution >= 4 is 86.2 Å². The summed E-state index contributed by atoms with van der Waals surface area (Å²) in [6, 6.07) is 0. The predicted molar refractivity (Wildman–Crippen MR) is 34.2 cm³/mol. The van der Waals surface area contributed by atoms with Gasteiger partial charge in [-0.05, 0) is 0 Å². The van der Waals surface area contributed by atoms with Crippen LogP contribution < -0.4 is 0 Å². The van der Waals surface area contributed by atoms with E-state index >= 15 is 0 Å². The van der Waals surface area contributed by atoms with Gasteiger partial charge in [-0.3, -0.25) is 0 Å². The summed E-state index contributed by atoms with van der Waals surface area (Å²) in [6.45, 7) is 0. The van der Waals surface area contributed by atoms with Crippen LogP contribution in [0.4, 0.5) is 0 Å². The first-order valence-corrected chi connectivity index (χ1v) is 30.9. The molecular formula is H8BaCaMnSi2. The second-order valence-corrected chi connectivity index (χ2v) is 46.3. The predicted octanol–water partition coefficient (Wildman–Crippen LogP) is -3.67. The standard InChI is InChI=1S/Ba.Ca.Mn.2H3Si.2H/h;;;2*1H3;;. The van der Waals surface area contributed by atoms with Crippen LogP contribution in [0.5, 0.6) is 0 Å². The van der Waals surface area contributed by atoms with E-state index in [1.54, 1.807) is 6.76 Å². The van der Waals surface area contributed by atoms with Crippen molar-refractivity contribution in [2.24, 2.45) is 0 Å². The van der Waals surface area contributed by atoms with Crippen molar-refractivity contribution in [3.8, 4) is 0 Å². The molecule has 0 amide bonds. The van der Waals surface area contributed by atoms with Crippen molar-refractivity contribution in [3.05, 3.63) is 0 Å². The molecule has 27 valence electrons. The Labute approximate surface area is 99.9 Å². The van der Waals surface area contributed by atoms with E-state index in [1.165, 1.54) is 0 Å². The van der Waals surface area contributed by atoms with Crippen molar-refractivity contribution in [3.63, 3.8) is 0 Å². The van der Waals surface area contributed by atoms with E-state index in [0.717, 1.165) is 0 Å². The van der Waals surface area contributed by atoms with E-state index in [2.05, 4.69) is 0 Å². The maximum absolute atomic E-state index is 1.65. The zero-order valence-electron chi connectivity index (χ0n) is 3.09. The summed E-state index contributed by atoms with van der Waals surface area (Å²) < 4.78 is 3.31. The Kier molecular flexibility index (Phi) is 49.8. The summed E-state index contributed by atoms with van der Waals surface area (Å²) in [5.41, 5.74) is 0. The van der Waals surface area contributed by atoms with Crippen LogP contribution in [0.1, 0.15) is 0 Å². The Morgan fingerprint density at radius 3 is 1.20 bits per heavy atom. The van der Waals surface area contributed by atoms with Crippen molar-refractivity contribution in [2.75, 3.05) is 0 Å². The van der Waals surface area contributed by atoms with Crippen LogP contribution in [0.25, 0.3) is 0 Å². The van der Waals surface area contributed by atoms with Crippen LogP contribution >= 0.6 is 0 Å². The van der Waals surface area contributed by atoms with Crippen LogP contribution in [-0.4, -0.2) is 86.2 Å². The van der Waals surface area contributed by atoms with Crippen LogP contribution in [0.3, 0.4) is 0 Å². The summed E-state index contributed by atoms with van der Waals surface area (Å²) in [4.78, 5) is 0. The quantitative estimate of drug-likeness (QED) is 0.404. The topological polar surface area (TPSA) is 0 Å². The number of hydrogen-bond donors (Lipinski definition) is 0. The molecule has 0 spiro atoms. The second-order valence-electron chi connectivity index (χ2n) is 0.707. The van der Waals surface area contributed by atoms with E-state index in [4.69, 9.17) is 0 Å². The van der Waals surface area contributed by atoms with Gasteiger partial charge in [0.2, 0.25) is 0 Å². The molecule has 0 heterocycles. The molecule has 5 heteroatoms. The fourth-order valence-electron chi connectivity index (χ4n) is 0. The molecule has 0 saturated heterocycles. The van der Waals surface area contributed by atoms with E-state index in [1.807, 2.05) is 0 Å². The maximum atomic E-state index is 1.65. The third-order valence-corrected chi connectivity index (χ3v) is 0. The van der Waals surface area contributed by atoms with Gasteiger partial charge in [0, 0.05) is 17.1 Å². The first-order chi connectivity index (χ1) is 1.41. The van der Waals surface area contributed by atoms with Crippen molar-refractivity contribution in [1.82, 2.24) is 0 Å². The third-order valence-electron chi connectivity index (χ3n) is 0. The van der Waals surface area contributed by atoms with Gasteiger partial charge in [-0.15, -0.1) is 0 Å². The Hall–Kier alpha value is 3.78. The number of rotatable bonds is 0. The Morgan fingerprint density at radius 1 is 1.20 bits per heavy atom. The second kappa shape index (κ2) is 15.7. The van der Waals surface area contributed by atoms with Crippen LogP contribution in [0, 0.1) is 0 Å². The molecule has 0 aromatic rings. The summed E-state index contributed by atoms with van der Waals surface area (Å²) >= 11 is 0.194. The monoisotopic (exact) mass is 297 g/mol. The average Bonchev–Trinajstić information content (AvgIpc) is 0.918. The molecule has 0 unspecified atom stereocenters. The molecule has 0 aromatic heterocycles. The molecular weight excluding hydrogens is 289 g/mol. The fraction of sp³-hybridized carbons (Fsp3) is 0. The van der Waals surface area contributed by atoms with Gasteiger partial charge in [-0.25, -0.2) is 0 Å². The SMILES string of the molecule is [CaH2].[Mn].[SiH3][Ba][SiH3]. The molecule has 0 nitrogen and oxygen atoms in total. The minimum atomic E-state index is 0. The van der Waals surface area contributed by atoms with Gasteiger partial charge in [0.1, 0.15) is 0 Å². The van der Waals surface area contributed by atoms with Gasteiger partial charge in [-0.1, -0.05) is 0 Å². The van der Waals surface area contributed by atoms with E-state index in [-0.39, 0.29) is 96.5 Å². The molecule has 0 aromatic carbocycles. The minimum absolute atomic E-state index is 0. The Morgan fingerprint density at radius 2 is 1.20 bits per heavy atom. The Balaban J connectivity index is -0.0000000200. The summed E-state index contributed by atoms with van der Waals surface area (Å²) in [6.07, 6.45) is 0. The zero-order valence-corrected chi connectivity index (χ0v) is 12.7. The molecule has 0 fully saturated rings. The van der Waals surface area contributed by atoms with E-state index < -0.39 is 0 Å². The average molecular weight is 297 g/mol. The Bertz CT molecular complexity index is 9.61. The fourth-order valence-corrected chi connectivity index (χ4v) is 0. The first-order valence-electron chi connectivity index (χ1n) is 1.41. The summed E-state index contributed by atoms with van der Waals surface area (Å²) in [5, 5.41) is 0. The molecule has 0 aliphatic rings. The molecule has 1 radical (unpaired) electrons. The molecule has 0 N–H and O–H groups in total. The van der Waals surface area contributed by atoms with Crippen molar-refractivity contribution in [1.29, 1.82) is 0 Å². The van der Waals surface area contributed by atoms with Crippen LogP contribution in [0.15, 0.2) is 0 Å². The summed E-state index contributed by atoms with van der Waals surface area (Å²) in [7, 11) is 0. The van der Waals surface area contributed by atoms with Gasteiger partial charge in [-0.2, -0.15) is 0 Å². The van der Waals surface area contributed by atoms with Crippen LogP contribution in [0.2, 0.25) is 0 Å². The molecule has 0 atom stereocenters. The number of hydrogen-bond acceptors (Lipinski definition) is 0. The van der Waals surface area contributed by atoms with Gasteiger partial charge >= 0.3 is 86.2 Å². The van der Waals surface area contributed by atoms with Gasteiger partial charge < -0.3 is 0 Å². The van der Waals surface area contributed by atoms with Crippen molar-refractivity contribution < 1.29 is 17.1 Å². The normalized spacial score (nSPS) is 3.20. The third kappa shape index (κ3) is 18.2. The van der Waals surface area contributed by atoms with Gasteiger partial charge in [0.05, 0.1) is 0 Å². The molecule has 0 rings (SSSR count).